The van der Waals surface area contributed by atoms with E-state index in [9.17, 15) is 4.39 Å². The minimum absolute atomic E-state index is 0.0472. The lowest BCUT2D eigenvalue weighted by Crippen LogP contribution is -2.08. The maximum absolute atomic E-state index is 12.9. The normalized spacial score (nSPS) is 12.2. The van der Waals surface area contributed by atoms with Gasteiger partial charge in [0.25, 0.3) is 0 Å². The summed E-state index contributed by atoms with van der Waals surface area (Å²) in [7, 11) is 0. The van der Waals surface area contributed by atoms with E-state index in [1.165, 1.54) is 6.07 Å². The molecule has 5 heteroatoms. The molecule has 0 aliphatic rings. The van der Waals surface area contributed by atoms with Gasteiger partial charge in [0.05, 0.1) is 10.0 Å². The summed E-state index contributed by atoms with van der Waals surface area (Å²) in [5, 5.41) is 4.10. The number of pyridine rings is 1. The molecule has 94 valence electrons. The van der Waals surface area contributed by atoms with Gasteiger partial charge in [0.15, 0.2) is 0 Å². The number of anilines is 1. The van der Waals surface area contributed by atoms with Crippen molar-refractivity contribution < 1.29 is 4.39 Å². The fourth-order valence-corrected chi connectivity index (χ4v) is 1.88. The van der Waals surface area contributed by atoms with Crippen LogP contribution in [0.15, 0.2) is 36.4 Å². The van der Waals surface area contributed by atoms with E-state index in [1.807, 2.05) is 13.0 Å². The van der Waals surface area contributed by atoms with Crippen molar-refractivity contribution in [1.82, 2.24) is 4.98 Å². The van der Waals surface area contributed by atoms with E-state index >= 15 is 0 Å². The van der Waals surface area contributed by atoms with E-state index in [0.29, 0.717) is 15.9 Å². The highest BCUT2D eigenvalue weighted by molar-refractivity contribution is 6.42. The van der Waals surface area contributed by atoms with Gasteiger partial charge in [-0.1, -0.05) is 35.3 Å². The molecule has 1 unspecified atom stereocenters. The second kappa shape index (κ2) is 5.55. The molecule has 1 aromatic heterocycles. The van der Waals surface area contributed by atoms with E-state index < -0.39 is 5.95 Å². The lowest BCUT2D eigenvalue weighted by Gasteiger charge is -2.15. The number of hydrogen-bond acceptors (Lipinski definition) is 2. The standard InChI is InChI=1S/C13H11Cl2FN2/c1-8(9-5-6-10(14)11(15)7-9)17-13-4-2-3-12(16)18-13/h2-8H,1H3,(H,17,18). The van der Waals surface area contributed by atoms with Crippen molar-refractivity contribution in [3.8, 4) is 0 Å². The molecule has 1 atom stereocenters. The summed E-state index contributed by atoms with van der Waals surface area (Å²) in [6, 6.07) is 9.94. The molecule has 0 aliphatic carbocycles. The van der Waals surface area contributed by atoms with Crippen LogP contribution in [0.4, 0.5) is 10.2 Å². The van der Waals surface area contributed by atoms with Crippen LogP contribution < -0.4 is 5.32 Å². The van der Waals surface area contributed by atoms with Crippen molar-refractivity contribution in [2.45, 2.75) is 13.0 Å². The van der Waals surface area contributed by atoms with Crippen molar-refractivity contribution in [2.24, 2.45) is 0 Å². The number of rotatable bonds is 3. The number of aromatic nitrogens is 1. The quantitative estimate of drug-likeness (QED) is 0.827. The van der Waals surface area contributed by atoms with Gasteiger partial charge in [-0.25, -0.2) is 4.98 Å². The number of nitrogens with zero attached hydrogens (tertiary/aromatic N) is 1. The van der Waals surface area contributed by atoms with Gasteiger partial charge in [-0.15, -0.1) is 0 Å². The zero-order chi connectivity index (χ0) is 13.1. The van der Waals surface area contributed by atoms with E-state index in [1.54, 1.807) is 24.3 Å². The van der Waals surface area contributed by atoms with Crippen LogP contribution in [-0.2, 0) is 0 Å². The van der Waals surface area contributed by atoms with Crippen LogP contribution in [0.5, 0.6) is 0 Å². The highest BCUT2D eigenvalue weighted by Gasteiger charge is 2.08. The minimum atomic E-state index is -0.513. The van der Waals surface area contributed by atoms with Crippen LogP contribution in [0.25, 0.3) is 0 Å². The molecule has 2 rings (SSSR count). The lowest BCUT2D eigenvalue weighted by atomic mass is 10.1. The summed E-state index contributed by atoms with van der Waals surface area (Å²) in [5.74, 6) is -0.0325. The first kappa shape index (κ1) is 13.1. The Morgan fingerprint density at radius 3 is 2.61 bits per heavy atom. The first-order valence-electron chi connectivity index (χ1n) is 5.40. The highest BCUT2D eigenvalue weighted by Crippen LogP contribution is 2.26. The first-order chi connectivity index (χ1) is 8.56. The Labute approximate surface area is 115 Å². The first-order valence-corrected chi connectivity index (χ1v) is 6.16. The fraction of sp³-hybridized carbons (Fsp3) is 0.154. The Morgan fingerprint density at radius 1 is 1.17 bits per heavy atom. The summed E-state index contributed by atoms with van der Waals surface area (Å²) in [4.78, 5) is 3.74. The molecule has 0 radical (unpaired) electrons. The molecule has 1 aromatic carbocycles. The van der Waals surface area contributed by atoms with E-state index in [-0.39, 0.29) is 6.04 Å². The molecule has 0 aliphatic heterocycles. The topological polar surface area (TPSA) is 24.9 Å². The molecule has 0 spiro atoms. The predicted octanol–water partition coefficient (Wildman–Crippen LogP) is 4.70. The third-order valence-electron chi connectivity index (χ3n) is 2.52. The minimum Gasteiger partial charge on any atom is -0.363 e. The molecule has 0 bridgehead atoms. The third-order valence-corrected chi connectivity index (χ3v) is 3.26. The van der Waals surface area contributed by atoms with Crippen molar-refractivity contribution in [1.29, 1.82) is 0 Å². The van der Waals surface area contributed by atoms with Crippen LogP contribution in [0.3, 0.4) is 0 Å². The average molecular weight is 285 g/mol. The molecule has 0 fully saturated rings. The Bertz CT molecular complexity index is 560. The lowest BCUT2D eigenvalue weighted by molar-refractivity contribution is 0.584. The fourth-order valence-electron chi connectivity index (χ4n) is 1.58. The number of nitrogens with one attached hydrogen (secondary N) is 1. The summed E-state index contributed by atoms with van der Waals surface area (Å²) >= 11 is 11.8. The van der Waals surface area contributed by atoms with Gasteiger partial charge in [0.1, 0.15) is 5.82 Å². The summed E-state index contributed by atoms with van der Waals surface area (Å²) in [5.41, 5.74) is 0.954. The molecule has 2 aromatic rings. The van der Waals surface area contributed by atoms with Crippen LogP contribution >= 0.6 is 23.2 Å². The molecule has 0 saturated carbocycles. The summed E-state index contributed by atoms with van der Waals surface area (Å²) < 4.78 is 12.9. The van der Waals surface area contributed by atoms with Crippen LogP contribution in [0, 0.1) is 5.95 Å². The molecule has 1 heterocycles. The number of hydrogen-bond donors (Lipinski definition) is 1. The van der Waals surface area contributed by atoms with Gasteiger partial charge in [-0.2, -0.15) is 4.39 Å². The second-order valence-electron chi connectivity index (χ2n) is 3.89. The molecular weight excluding hydrogens is 274 g/mol. The maximum Gasteiger partial charge on any atom is 0.214 e. The SMILES string of the molecule is CC(Nc1cccc(F)n1)c1ccc(Cl)c(Cl)c1. The monoisotopic (exact) mass is 284 g/mol. The Balaban J connectivity index is 2.16. The largest absolute Gasteiger partial charge is 0.363 e. The van der Waals surface area contributed by atoms with Crippen LogP contribution in [0.1, 0.15) is 18.5 Å². The average Bonchev–Trinajstić information content (AvgIpc) is 2.32. The van der Waals surface area contributed by atoms with Crippen LogP contribution in [-0.4, -0.2) is 4.98 Å². The highest BCUT2D eigenvalue weighted by atomic mass is 35.5. The number of benzene rings is 1. The zero-order valence-electron chi connectivity index (χ0n) is 9.62. The Morgan fingerprint density at radius 2 is 1.94 bits per heavy atom. The van der Waals surface area contributed by atoms with Gasteiger partial charge >= 0.3 is 0 Å². The number of halogens is 3. The Kier molecular flexibility index (Phi) is 4.04. The predicted molar refractivity (Wildman–Crippen MR) is 72.7 cm³/mol. The zero-order valence-corrected chi connectivity index (χ0v) is 11.1. The van der Waals surface area contributed by atoms with Crippen molar-refractivity contribution >= 4 is 29.0 Å². The second-order valence-corrected chi connectivity index (χ2v) is 4.70. The molecule has 1 N–H and O–H groups in total. The summed E-state index contributed by atoms with van der Waals surface area (Å²) in [6.45, 7) is 1.94. The van der Waals surface area contributed by atoms with E-state index in [4.69, 9.17) is 23.2 Å². The maximum atomic E-state index is 12.9. The van der Waals surface area contributed by atoms with Gasteiger partial charge in [-0.05, 0) is 36.8 Å². The third kappa shape index (κ3) is 3.12. The van der Waals surface area contributed by atoms with Crippen molar-refractivity contribution in [2.75, 3.05) is 5.32 Å². The van der Waals surface area contributed by atoms with E-state index in [2.05, 4.69) is 10.3 Å². The molecule has 2 nitrogen and oxygen atoms in total. The molecule has 0 amide bonds. The molecule has 18 heavy (non-hydrogen) atoms. The smallest absolute Gasteiger partial charge is 0.214 e. The molecule has 0 saturated heterocycles. The molecular formula is C13H11Cl2FN2. The van der Waals surface area contributed by atoms with Crippen molar-refractivity contribution in [3.63, 3.8) is 0 Å². The van der Waals surface area contributed by atoms with Gasteiger partial charge in [0.2, 0.25) is 5.95 Å². The van der Waals surface area contributed by atoms with E-state index in [0.717, 1.165) is 5.56 Å². The van der Waals surface area contributed by atoms with Crippen molar-refractivity contribution in [3.05, 3.63) is 58.0 Å². The summed E-state index contributed by atoms with van der Waals surface area (Å²) in [6.07, 6.45) is 0. The van der Waals surface area contributed by atoms with Gasteiger partial charge in [0, 0.05) is 6.04 Å². The van der Waals surface area contributed by atoms with Crippen LogP contribution in [0.2, 0.25) is 10.0 Å². The Hall–Kier alpha value is -1.32. The van der Waals surface area contributed by atoms with Gasteiger partial charge < -0.3 is 5.32 Å². The van der Waals surface area contributed by atoms with Gasteiger partial charge in [-0.3, -0.25) is 0 Å².